The Hall–Kier alpha value is -3.20. The molecule has 2 aliphatic carbocycles. The van der Waals surface area contributed by atoms with Gasteiger partial charge in [0.05, 0.1) is 29.5 Å². The number of anilines is 1. The molecule has 6 rings (SSSR count). The largest absolute Gasteiger partial charge is 0.473 e. The molecule has 2 aromatic heterocycles. The van der Waals surface area contributed by atoms with Crippen LogP contribution in [0.3, 0.4) is 0 Å². The van der Waals surface area contributed by atoms with Gasteiger partial charge < -0.3 is 15.0 Å². The van der Waals surface area contributed by atoms with E-state index in [4.69, 9.17) is 9.72 Å². The van der Waals surface area contributed by atoms with E-state index in [2.05, 4.69) is 38.3 Å². The second-order valence-corrected chi connectivity index (χ2v) is 9.80. The summed E-state index contributed by atoms with van der Waals surface area (Å²) in [4.78, 5) is 20.4. The highest BCUT2D eigenvalue weighted by atomic mass is 19.3. The molecule has 1 N–H and O–H groups in total. The number of rotatable bonds is 7. The zero-order valence-corrected chi connectivity index (χ0v) is 19.7. The molecule has 3 heterocycles. The van der Waals surface area contributed by atoms with E-state index in [1.54, 1.807) is 12.4 Å². The Morgan fingerprint density at radius 1 is 1.06 bits per heavy atom. The van der Waals surface area contributed by atoms with E-state index in [1.165, 1.54) is 0 Å². The van der Waals surface area contributed by atoms with E-state index in [0.717, 1.165) is 59.4 Å². The molecule has 2 fully saturated rings. The molecule has 1 aliphatic heterocycles. The molecule has 35 heavy (non-hydrogen) atoms. The van der Waals surface area contributed by atoms with Crippen LogP contribution in [0, 0.1) is 5.92 Å². The smallest absolute Gasteiger partial charge is 0.267 e. The SMILES string of the molecule is CN1CCC(Oc2cnc3ccc(C4=CCc5nc(NCC(F)(F)C6CC6)ncc54)cc3n2)CC1. The normalized spacial score (nSPS) is 19.0. The lowest BCUT2D eigenvalue weighted by atomic mass is 10.0. The number of benzene rings is 1. The van der Waals surface area contributed by atoms with Gasteiger partial charge in [-0.2, -0.15) is 0 Å². The summed E-state index contributed by atoms with van der Waals surface area (Å²) in [5, 5.41) is 2.73. The third-order valence-electron chi connectivity index (χ3n) is 7.10. The number of fused-ring (bicyclic) bond motifs is 2. The van der Waals surface area contributed by atoms with Gasteiger partial charge in [0.1, 0.15) is 6.10 Å². The van der Waals surface area contributed by atoms with E-state index in [0.29, 0.717) is 25.1 Å². The minimum atomic E-state index is -2.71. The average Bonchev–Trinajstić information content (AvgIpc) is 3.65. The summed E-state index contributed by atoms with van der Waals surface area (Å²) in [6, 6.07) is 5.97. The molecule has 0 atom stereocenters. The molecule has 9 heteroatoms. The molecule has 0 spiro atoms. The quantitative estimate of drug-likeness (QED) is 0.541. The lowest BCUT2D eigenvalue weighted by Gasteiger charge is -2.28. The standard InChI is InChI=1S/C26H28F2N6O/c1-34-10-8-18(9-11-34)35-24-14-29-22-6-2-16(12-23(22)32-24)19-5-7-21-20(19)13-30-25(33-21)31-15-26(27,28)17-3-4-17/h2,5-6,12-14,17-18H,3-4,7-11,15H2,1H3,(H,30,31,33). The van der Waals surface area contributed by atoms with Gasteiger partial charge in [-0.25, -0.2) is 28.7 Å². The second kappa shape index (κ2) is 8.78. The summed E-state index contributed by atoms with van der Waals surface area (Å²) < 4.78 is 34.1. The van der Waals surface area contributed by atoms with Crippen molar-refractivity contribution in [1.82, 2.24) is 24.8 Å². The van der Waals surface area contributed by atoms with Gasteiger partial charge in [-0.1, -0.05) is 12.1 Å². The number of hydrogen-bond donors (Lipinski definition) is 1. The molecule has 7 nitrogen and oxygen atoms in total. The third-order valence-corrected chi connectivity index (χ3v) is 7.10. The first-order valence-electron chi connectivity index (χ1n) is 12.3. The molecule has 182 valence electrons. The number of allylic oxidation sites excluding steroid dienone is 1. The summed E-state index contributed by atoms with van der Waals surface area (Å²) in [5.74, 6) is -2.43. The molecule has 1 aromatic carbocycles. The van der Waals surface area contributed by atoms with Crippen LogP contribution < -0.4 is 10.1 Å². The molecular formula is C26H28F2N6O. The Morgan fingerprint density at radius 3 is 2.69 bits per heavy atom. The van der Waals surface area contributed by atoms with Crippen LogP contribution in [-0.2, 0) is 6.42 Å². The first-order chi connectivity index (χ1) is 16.9. The van der Waals surface area contributed by atoms with E-state index < -0.39 is 18.4 Å². The van der Waals surface area contributed by atoms with Crippen LogP contribution >= 0.6 is 0 Å². The highest BCUT2D eigenvalue weighted by Crippen LogP contribution is 2.43. The van der Waals surface area contributed by atoms with E-state index in [-0.39, 0.29) is 12.1 Å². The number of ether oxygens (including phenoxy) is 1. The lowest BCUT2D eigenvalue weighted by molar-refractivity contribution is -0.00832. The van der Waals surface area contributed by atoms with Crippen molar-refractivity contribution < 1.29 is 13.5 Å². The summed E-state index contributed by atoms with van der Waals surface area (Å²) in [7, 11) is 2.12. The number of alkyl halides is 2. The van der Waals surface area contributed by atoms with Crippen LogP contribution in [0.1, 0.15) is 42.5 Å². The topological polar surface area (TPSA) is 76.1 Å². The highest BCUT2D eigenvalue weighted by molar-refractivity contribution is 5.88. The summed E-state index contributed by atoms with van der Waals surface area (Å²) in [6.45, 7) is 1.61. The molecule has 1 saturated heterocycles. The Balaban J connectivity index is 1.18. The third kappa shape index (κ3) is 4.69. The maximum Gasteiger partial charge on any atom is 0.267 e. The Morgan fingerprint density at radius 2 is 1.89 bits per heavy atom. The minimum Gasteiger partial charge on any atom is -0.473 e. The lowest BCUT2D eigenvalue weighted by Crippen LogP contribution is -2.35. The van der Waals surface area contributed by atoms with Gasteiger partial charge in [0, 0.05) is 37.2 Å². The Labute approximate surface area is 202 Å². The molecule has 0 radical (unpaired) electrons. The van der Waals surface area contributed by atoms with E-state index in [1.807, 2.05) is 18.2 Å². The van der Waals surface area contributed by atoms with Gasteiger partial charge in [0.2, 0.25) is 11.8 Å². The Bertz CT molecular complexity index is 1280. The van der Waals surface area contributed by atoms with E-state index in [9.17, 15) is 8.78 Å². The van der Waals surface area contributed by atoms with Crippen molar-refractivity contribution in [3.63, 3.8) is 0 Å². The monoisotopic (exact) mass is 478 g/mol. The zero-order chi connectivity index (χ0) is 24.0. The first kappa shape index (κ1) is 22.3. The van der Waals surface area contributed by atoms with Gasteiger partial charge in [-0.15, -0.1) is 0 Å². The average molecular weight is 479 g/mol. The maximum absolute atomic E-state index is 14.0. The van der Waals surface area contributed by atoms with Gasteiger partial charge in [0.25, 0.3) is 5.92 Å². The van der Waals surface area contributed by atoms with Gasteiger partial charge in [0.15, 0.2) is 0 Å². The Kier molecular flexibility index (Phi) is 5.59. The van der Waals surface area contributed by atoms with Crippen molar-refractivity contribution in [2.75, 3.05) is 32.0 Å². The summed E-state index contributed by atoms with van der Waals surface area (Å²) in [6.07, 6.45) is 9.44. The fraction of sp³-hybridized carbons (Fsp3) is 0.462. The predicted molar refractivity (Wildman–Crippen MR) is 130 cm³/mol. The van der Waals surface area contributed by atoms with Crippen LogP contribution in [0.15, 0.2) is 36.7 Å². The van der Waals surface area contributed by atoms with Crippen LogP contribution in [0.4, 0.5) is 14.7 Å². The van der Waals surface area contributed by atoms with Gasteiger partial charge in [-0.3, -0.25) is 0 Å². The summed E-state index contributed by atoms with van der Waals surface area (Å²) >= 11 is 0. The molecule has 0 amide bonds. The molecule has 3 aromatic rings. The first-order valence-corrected chi connectivity index (χ1v) is 12.3. The number of piperidine rings is 1. The molecule has 0 bridgehead atoms. The van der Waals surface area contributed by atoms with Crippen molar-refractivity contribution in [2.24, 2.45) is 5.92 Å². The zero-order valence-electron chi connectivity index (χ0n) is 19.7. The number of hydrogen-bond acceptors (Lipinski definition) is 7. The number of nitrogens with zero attached hydrogens (tertiary/aromatic N) is 5. The van der Waals surface area contributed by atoms with Crippen molar-refractivity contribution in [3.8, 4) is 5.88 Å². The fourth-order valence-electron chi connectivity index (χ4n) is 4.80. The highest BCUT2D eigenvalue weighted by Gasteiger charge is 2.46. The number of halogens is 2. The predicted octanol–water partition coefficient (Wildman–Crippen LogP) is 4.34. The van der Waals surface area contributed by atoms with Crippen molar-refractivity contribution >= 4 is 22.6 Å². The van der Waals surface area contributed by atoms with Crippen LogP contribution in [0.5, 0.6) is 5.88 Å². The van der Waals surface area contributed by atoms with Crippen molar-refractivity contribution in [2.45, 2.75) is 44.1 Å². The van der Waals surface area contributed by atoms with Crippen molar-refractivity contribution in [3.05, 3.63) is 53.5 Å². The van der Waals surface area contributed by atoms with Crippen LogP contribution in [0.2, 0.25) is 0 Å². The van der Waals surface area contributed by atoms with E-state index >= 15 is 0 Å². The molecular weight excluding hydrogens is 450 g/mol. The molecule has 1 saturated carbocycles. The number of nitrogens with one attached hydrogen (secondary N) is 1. The maximum atomic E-state index is 14.0. The fourth-order valence-corrected chi connectivity index (χ4v) is 4.80. The van der Waals surface area contributed by atoms with Gasteiger partial charge >= 0.3 is 0 Å². The molecule has 0 unspecified atom stereocenters. The minimum absolute atomic E-state index is 0.162. The summed E-state index contributed by atoms with van der Waals surface area (Å²) in [5.41, 5.74) is 5.32. The van der Waals surface area contributed by atoms with Crippen molar-refractivity contribution in [1.29, 1.82) is 0 Å². The van der Waals surface area contributed by atoms with Crippen LogP contribution in [-0.4, -0.2) is 63.5 Å². The molecule has 3 aliphatic rings. The number of likely N-dealkylation sites (tertiary alicyclic amines) is 1. The number of aromatic nitrogens is 4. The second-order valence-electron chi connectivity index (χ2n) is 9.80. The van der Waals surface area contributed by atoms with Crippen LogP contribution in [0.25, 0.3) is 16.6 Å². The van der Waals surface area contributed by atoms with Gasteiger partial charge in [-0.05, 0) is 56.0 Å².